The predicted octanol–water partition coefficient (Wildman–Crippen LogP) is 2.54. The standard InChI is InChI=1S/C17H23ClN4O2/c18-15-9-13(3-4-16(23)21-24)10-19-17(15)20-14-5-7-22(8-6-14)11-12-1-2-12/h3-4,9-10,12,14,24H,1-2,5-8,11H2,(H,19,20)(H,21,23)/b4-3+. The summed E-state index contributed by atoms with van der Waals surface area (Å²) >= 11 is 6.28. The van der Waals surface area contributed by atoms with Crippen LogP contribution in [0, 0.1) is 5.92 Å². The number of halogens is 1. The Morgan fingerprint density at radius 1 is 1.38 bits per heavy atom. The van der Waals surface area contributed by atoms with E-state index in [0.717, 1.165) is 31.8 Å². The van der Waals surface area contributed by atoms with Gasteiger partial charge in [-0.2, -0.15) is 0 Å². The van der Waals surface area contributed by atoms with Gasteiger partial charge in [0.1, 0.15) is 5.82 Å². The minimum absolute atomic E-state index is 0.395. The quantitative estimate of drug-likeness (QED) is 0.417. The lowest BCUT2D eigenvalue weighted by Crippen LogP contribution is -2.40. The van der Waals surface area contributed by atoms with Crippen molar-refractivity contribution in [3.63, 3.8) is 0 Å². The number of amides is 1. The van der Waals surface area contributed by atoms with E-state index in [1.54, 1.807) is 18.3 Å². The van der Waals surface area contributed by atoms with Crippen LogP contribution in [0.15, 0.2) is 18.3 Å². The largest absolute Gasteiger partial charge is 0.366 e. The first kappa shape index (κ1) is 17.2. The number of hydrogen-bond acceptors (Lipinski definition) is 5. The second-order valence-electron chi connectivity index (χ2n) is 6.57. The molecule has 0 spiro atoms. The van der Waals surface area contributed by atoms with Crippen molar-refractivity contribution in [3.05, 3.63) is 28.9 Å². The number of likely N-dealkylation sites (tertiary alicyclic amines) is 1. The molecule has 0 radical (unpaired) electrons. The minimum Gasteiger partial charge on any atom is -0.366 e. The average molecular weight is 351 g/mol. The van der Waals surface area contributed by atoms with E-state index in [4.69, 9.17) is 16.8 Å². The van der Waals surface area contributed by atoms with Crippen LogP contribution in [0.2, 0.25) is 5.02 Å². The lowest BCUT2D eigenvalue weighted by Gasteiger charge is -2.32. The van der Waals surface area contributed by atoms with Crippen molar-refractivity contribution in [2.75, 3.05) is 25.0 Å². The third kappa shape index (κ3) is 4.93. The van der Waals surface area contributed by atoms with E-state index in [2.05, 4.69) is 15.2 Å². The molecule has 1 amide bonds. The van der Waals surface area contributed by atoms with Crippen LogP contribution in [0.3, 0.4) is 0 Å². The second-order valence-corrected chi connectivity index (χ2v) is 6.98. The zero-order valence-corrected chi connectivity index (χ0v) is 14.3. The fourth-order valence-electron chi connectivity index (χ4n) is 2.98. The Balaban J connectivity index is 1.51. The number of hydrogen-bond donors (Lipinski definition) is 3. The lowest BCUT2D eigenvalue weighted by molar-refractivity contribution is -0.124. The first-order valence-electron chi connectivity index (χ1n) is 8.40. The highest BCUT2D eigenvalue weighted by molar-refractivity contribution is 6.33. The summed E-state index contributed by atoms with van der Waals surface area (Å²) in [5.74, 6) is 1.03. The Labute approximate surface area is 146 Å². The summed E-state index contributed by atoms with van der Waals surface area (Å²) in [7, 11) is 0. The molecule has 2 heterocycles. The summed E-state index contributed by atoms with van der Waals surface area (Å²) in [6, 6.07) is 2.15. The topological polar surface area (TPSA) is 77.5 Å². The number of aromatic nitrogens is 1. The van der Waals surface area contributed by atoms with E-state index < -0.39 is 5.91 Å². The van der Waals surface area contributed by atoms with Crippen LogP contribution in [0.5, 0.6) is 0 Å². The number of pyridine rings is 1. The van der Waals surface area contributed by atoms with Crippen molar-refractivity contribution < 1.29 is 10.0 Å². The maximum absolute atomic E-state index is 11.0. The van der Waals surface area contributed by atoms with Gasteiger partial charge in [-0.15, -0.1) is 0 Å². The molecular formula is C17H23ClN4O2. The van der Waals surface area contributed by atoms with Gasteiger partial charge in [0.25, 0.3) is 5.91 Å². The highest BCUT2D eigenvalue weighted by Crippen LogP contribution is 2.31. The molecule has 1 saturated carbocycles. The number of nitrogens with one attached hydrogen (secondary N) is 2. The molecule has 2 aliphatic rings. The summed E-state index contributed by atoms with van der Waals surface area (Å²) in [5.41, 5.74) is 2.24. The number of carbonyl (C=O) groups is 1. The lowest BCUT2D eigenvalue weighted by atomic mass is 10.0. The fourth-order valence-corrected chi connectivity index (χ4v) is 3.21. The molecule has 0 bridgehead atoms. The van der Waals surface area contributed by atoms with Gasteiger partial charge in [0.2, 0.25) is 0 Å². The molecule has 0 atom stereocenters. The first-order chi connectivity index (χ1) is 11.6. The van der Waals surface area contributed by atoms with Gasteiger partial charge < -0.3 is 10.2 Å². The van der Waals surface area contributed by atoms with Gasteiger partial charge in [0.05, 0.1) is 5.02 Å². The average Bonchev–Trinajstić information content (AvgIpc) is 3.40. The molecule has 0 unspecified atom stereocenters. The molecule has 130 valence electrons. The summed E-state index contributed by atoms with van der Waals surface area (Å²) in [5, 5.41) is 12.4. The smallest absolute Gasteiger partial charge is 0.267 e. The number of carbonyl (C=O) groups excluding carboxylic acids is 1. The zero-order chi connectivity index (χ0) is 16.9. The van der Waals surface area contributed by atoms with Gasteiger partial charge >= 0.3 is 0 Å². The van der Waals surface area contributed by atoms with Crippen LogP contribution in [-0.2, 0) is 4.79 Å². The number of rotatable bonds is 6. The molecular weight excluding hydrogens is 328 g/mol. The summed E-state index contributed by atoms with van der Waals surface area (Å²) in [6.45, 7) is 3.51. The van der Waals surface area contributed by atoms with Crippen LogP contribution in [0.25, 0.3) is 6.08 Å². The molecule has 3 rings (SSSR count). The van der Waals surface area contributed by atoms with Crippen LogP contribution in [0.4, 0.5) is 5.82 Å². The van der Waals surface area contributed by atoms with Gasteiger partial charge in [-0.3, -0.25) is 10.0 Å². The van der Waals surface area contributed by atoms with Gasteiger partial charge in [-0.1, -0.05) is 11.6 Å². The summed E-state index contributed by atoms with van der Waals surface area (Å²) in [6.07, 6.45) is 9.42. The minimum atomic E-state index is -0.591. The Morgan fingerprint density at radius 2 is 2.12 bits per heavy atom. The van der Waals surface area contributed by atoms with E-state index in [1.165, 1.54) is 30.9 Å². The van der Waals surface area contributed by atoms with E-state index in [0.29, 0.717) is 22.4 Å². The third-order valence-corrected chi connectivity index (χ3v) is 4.83. The van der Waals surface area contributed by atoms with E-state index in [1.807, 2.05) is 0 Å². The van der Waals surface area contributed by atoms with Crippen molar-refractivity contribution in [1.82, 2.24) is 15.4 Å². The maximum atomic E-state index is 11.0. The molecule has 1 aromatic rings. The van der Waals surface area contributed by atoms with E-state index >= 15 is 0 Å². The molecule has 1 saturated heterocycles. The fraction of sp³-hybridized carbons (Fsp3) is 0.529. The molecule has 1 aromatic heterocycles. The van der Waals surface area contributed by atoms with Crippen LogP contribution in [0.1, 0.15) is 31.2 Å². The molecule has 0 aromatic carbocycles. The van der Waals surface area contributed by atoms with Crippen molar-refractivity contribution in [2.45, 2.75) is 31.7 Å². The highest BCUT2D eigenvalue weighted by Gasteiger charge is 2.27. The maximum Gasteiger partial charge on any atom is 0.267 e. The second kappa shape index (κ2) is 7.96. The Morgan fingerprint density at radius 3 is 2.75 bits per heavy atom. The number of anilines is 1. The third-order valence-electron chi connectivity index (χ3n) is 4.54. The SMILES string of the molecule is O=C(/C=C/c1cnc(NC2CCN(CC3CC3)CC2)c(Cl)c1)NO. The number of hydroxylamine groups is 1. The summed E-state index contributed by atoms with van der Waals surface area (Å²) < 4.78 is 0. The van der Waals surface area contributed by atoms with E-state index in [9.17, 15) is 4.79 Å². The molecule has 1 aliphatic heterocycles. The van der Waals surface area contributed by atoms with Gasteiger partial charge in [0, 0.05) is 37.9 Å². The van der Waals surface area contributed by atoms with E-state index in [-0.39, 0.29) is 0 Å². The molecule has 3 N–H and O–H groups in total. The first-order valence-corrected chi connectivity index (χ1v) is 8.78. The Kier molecular flexibility index (Phi) is 5.71. The summed E-state index contributed by atoms with van der Waals surface area (Å²) in [4.78, 5) is 17.9. The normalized spacial score (nSPS) is 19.6. The molecule has 24 heavy (non-hydrogen) atoms. The van der Waals surface area contributed by atoms with Crippen LogP contribution in [-0.4, -0.2) is 46.7 Å². The molecule has 7 heteroatoms. The van der Waals surface area contributed by atoms with Crippen molar-refractivity contribution >= 4 is 29.4 Å². The van der Waals surface area contributed by atoms with Gasteiger partial charge in [-0.05, 0) is 49.3 Å². The van der Waals surface area contributed by atoms with Crippen molar-refractivity contribution in [2.24, 2.45) is 5.92 Å². The monoisotopic (exact) mass is 350 g/mol. The molecule has 6 nitrogen and oxygen atoms in total. The van der Waals surface area contributed by atoms with Crippen molar-refractivity contribution in [1.29, 1.82) is 0 Å². The number of piperidine rings is 1. The van der Waals surface area contributed by atoms with Crippen LogP contribution < -0.4 is 10.8 Å². The predicted molar refractivity (Wildman–Crippen MR) is 94.0 cm³/mol. The molecule has 2 fully saturated rings. The highest BCUT2D eigenvalue weighted by atomic mass is 35.5. The zero-order valence-electron chi connectivity index (χ0n) is 13.5. The Hall–Kier alpha value is -1.63. The number of nitrogens with zero attached hydrogens (tertiary/aromatic N) is 2. The molecule has 1 aliphatic carbocycles. The van der Waals surface area contributed by atoms with Crippen molar-refractivity contribution in [3.8, 4) is 0 Å². The Bertz CT molecular complexity index is 611. The van der Waals surface area contributed by atoms with Gasteiger partial charge in [0.15, 0.2) is 0 Å². The van der Waals surface area contributed by atoms with Crippen LogP contribution >= 0.6 is 11.6 Å². The van der Waals surface area contributed by atoms with Gasteiger partial charge in [-0.25, -0.2) is 10.5 Å².